The van der Waals surface area contributed by atoms with Crippen LogP contribution in [0.5, 0.6) is 0 Å². The summed E-state index contributed by atoms with van der Waals surface area (Å²) in [4.78, 5) is 31.1. The van der Waals surface area contributed by atoms with Crippen LogP contribution in [-0.4, -0.2) is 33.8 Å². The second kappa shape index (κ2) is 4.72. The lowest BCUT2D eigenvalue weighted by Gasteiger charge is -2.38. The Morgan fingerprint density at radius 2 is 2.00 bits per heavy atom. The zero-order valence-electron chi connectivity index (χ0n) is 11.4. The maximum atomic E-state index is 11.1. The van der Waals surface area contributed by atoms with Gasteiger partial charge in [0.15, 0.2) is 0 Å². The lowest BCUT2D eigenvalue weighted by atomic mass is 9.88. The summed E-state index contributed by atoms with van der Waals surface area (Å²) in [5.41, 5.74) is -0.884. The molecule has 104 valence electrons. The Hall–Kier alpha value is -1.37. The molecule has 0 spiro atoms. The van der Waals surface area contributed by atoms with Crippen molar-refractivity contribution in [2.24, 2.45) is 5.92 Å². The van der Waals surface area contributed by atoms with Gasteiger partial charge >= 0.3 is 5.97 Å². The first-order valence-electron chi connectivity index (χ1n) is 5.83. The van der Waals surface area contributed by atoms with Gasteiger partial charge in [0.25, 0.3) is 5.09 Å². The molecule has 0 aliphatic carbocycles. The molecule has 0 radical (unpaired) electrons. The van der Waals surface area contributed by atoms with E-state index in [1.807, 2.05) is 27.7 Å². The van der Waals surface area contributed by atoms with E-state index < -0.39 is 16.6 Å². The molecule has 0 aromatic rings. The van der Waals surface area contributed by atoms with Gasteiger partial charge in [0.05, 0.1) is 11.1 Å². The van der Waals surface area contributed by atoms with Crippen LogP contribution in [0.25, 0.3) is 0 Å². The Morgan fingerprint density at radius 3 is 2.44 bits per heavy atom. The Morgan fingerprint density at radius 1 is 1.44 bits per heavy atom. The molecule has 1 saturated heterocycles. The Bertz CT molecular complexity index is 353. The van der Waals surface area contributed by atoms with Gasteiger partial charge in [-0.3, -0.25) is 4.79 Å². The summed E-state index contributed by atoms with van der Waals surface area (Å²) in [6.45, 7) is 8.99. The average Bonchev–Trinajstić information content (AvgIpc) is 2.34. The van der Waals surface area contributed by atoms with Gasteiger partial charge in [-0.15, -0.1) is 15.2 Å². The van der Waals surface area contributed by atoms with Gasteiger partial charge in [0.2, 0.25) is 0 Å². The van der Waals surface area contributed by atoms with Crippen molar-refractivity contribution < 1.29 is 19.6 Å². The third kappa shape index (κ3) is 2.90. The first kappa shape index (κ1) is 14.7. The van der Waals surface area contributed by atoms with Gasteiger partial charge in [0.1, 0.15) is 6.61 Å². The smallest absolute Gasteiger partial charge is 0.322 e. The van der Waals surface area contributed by atoms with Crippen molar-refractivity contribution in [1.29, 1.82) is 0 Å². The van der Waals surface area contributed by atoms with Crippen molar-refractivity contribution in [2.75, 3.05) is 6.61 Å². The highest BCUT2D eigenvalue weighted by Gasteiger charge is 2.54. The van der Waals surface area contributed by atoms with Gasteiger partial charge in [-0.2, -0.15) is 0 Å². The largest absolute Gasteiger partial charge is 0.367 e. The molecule has 0 aromatic heterocycles. The van der Waals surface area contributed by atoms with Crippen molar-refractivity contribution in [1.82, 2.24) is 5.06 Å². The summed E-state index contributed by atoms with van der Waals surface area (Å²) >= 11 is 0. The van der Waals surface area contributed by atoms with Gasteiger partial charge in [-0.25, -0.2) is 0 Å². The number of carbonyl (C=O) groups excluding carboxylic acids is 1. The topological polar surface area (TPSA) is 81.9 Å². The highest BCUT2D eigenvalue weighted by Crippen LogP contribution is 2.45. The zero-order chi connectivity index (χ0) is 14.1. The van der Waals surface area contributed by atoms with E-state index in [-0.39, 0.29) is 18.1 Å². The van der Waals surface area contributed by atoms with E-state index in [0.717, 1.165) is 0 Å². The standard InChI is InChI=1S/C11H20N2O5/c1-8(14)18-12-10(2,3)6-9(11(12,4)5)7-17-13(15)16/h9H,6-7H2,1-5H3. The third-order valence-corrected chi connectivity index (χ3v) is 3.42. The minimum Gasteiger partial charge on any atom is -0.367 e. The molecule has 0 saturated carbocycles. The van der Waals surface area contributed by atoms with Crippen LogP contribution in [0.4, 0.5) is 0 Å². The van der Waals surface area contributed by atoms with Crippen LogP contribution in [0.3, 0.4) is 0 Å². The second-order valence-electron chi connectivity index (χ2n) is 5.76. The first-order chi connectivity index (χ1) is 8.07. The van der Waals surface area contributed by atoms with E-state index in [1.54, 1.807) is 5.06 Å². The van der Waals surface area contributed by atoms with Crippen molar-refractivity contribution >= 4 is 5.97 Å². The highest BCUT2D eigenvalue weighted by atomic mass is 16.9. The van der Waals surface area contributed by atoms with E-state index in [0.29, 0.717) is 6.42 Å². The fraction of sp³-hybridized carbons (Fsp3) is 0.909. The summed E-state index contributed by atoms with van der Waals surface area (Å²) in [7, 11) is 0. The molecule has 7 heteroatoms. The molecule has 18 heavy (non-hydrogen) atoms. The summed E-state index contributed by atoms with van der Waals surface area (Å²) < 4.78 is 0. The average molecular weight is 260 g/mol. The SMILES string of the molecule is CC(=O)ON1C(C)(C)CC(CO[N+](=O)[O-])C1(C)C. The number of hydrogen-bond donors (Lipinski definition) is 0. The summed E-state index contributed by atoms with van der Waals surface area (Å²) in [6, 6.07) is 0. The molecular formula is C11H20N2O5. The summed E-state index contributed by atoms with van der Waals surface area (Å²) in [6.07, 6.45) is 0.654. The molecule has 1 fully saturated rings. The van der Waals surface area contributed by atoms with Gasteiger partial charge in [0, 0.05) is 12.8 Å². The lowest BCUT2D eigenvalue weighted by Crippen LogP contribution is -2.50. The molecule has 0 bridgehead atoms. The van der Waals surface area contributed by atoms with E-state index in [4.69, 9.17) is 4.84 Å². The van der Waals surface area contributed by atoms with E-state index in [1.165, 1.54) is 6.92 Å². The van der Waals surface area contributed by atoms with Crippen LogP contribution in [-0.2, 0) is 14.5 Å². The molecule has 0 aromatic carbocycles. The van der Waals surface area contributed by atoms with Crippen molar-refractivity contribution in [3.8, 4) is 0 Å². The highest BCUT2D eigenvalue weighted by molar-refractivity contribution is 5.65. The molecule has 7 nitrogen and oxygen atoms in total. The predicted octanol–water partition coefficient (Wildman–Crippen LogP) is 1.55. The van der Waals surface area contributed by atoms with Gasteiger partial charge in [-0.1, -0.05) is 0 Å². The zero-order valence-corrected chi connectivity index (χ0v) is 11.4. The number of hydrogen-bond acceptors (Lipinski definition) is 6. The van der Waals surface area contributed by atoms with Crippen LogP contribution >= 0.6 is 0 Å². The quantitative estimate of drug-likeness (QED) is 0.563. The molecule has 1 rings (SSSR count). The van der Waals surface area contributed by atoms with Crippen LogP contribution in [0.1, 0.15) is 41.0 Å². The number of hydroxylamine groups is 2. The monoisotopic (exact) mass is 260 g/mol. The molecule has 0 N–H and O–H groups in total. The van der Waals surface area contributed by atoms with Crippen molar-refractivity contribution in [2.45, 2.75) is 52.1 Å². The van der Waals surface area contributed by atoms with Crippen LogP contribution < -0.4 is 0 Å². The molecule has 0 amide bonds. The fourth-order valence-electron chi connectivity index (χ4n) is 2.67. The predicted molar refractivity (Wildman–Crippen MR) is 62.8 cm³/mol. The molecule has 1 heterocycles. The third-order valence-electron chi connectivity index (χ3n) is 3.42. The van der Waals surface area contributed by atoms with Gasteiger partial charge < -0.3 is 9.68 Å². The minimum absolute atomic E-state index is 0.00119. The maximum absolute atomic E-state index is 11.1. The minimum atomic E-state index is -0.794. The lowest BCUT2D eigenvalue weighted by molar-refractivity contribution is -0.759. The van der Waals surface area contributed by atoms with Crippen LogP contribution in [0.2, 0.25) is 0 Å². The fourth-order valence-corrected chi connectivity index (χ4v) is 2.67. The summed E-state index contributed by atoms with van der Waals surface area (Å²) in [5.74, 6) is -0.482. The molecular weight excluding hydrogens is 240 g/mol. The number of nitrogens with zero attached hydrogens (tertiary/aromatic N) is 2. The van der Waals surface area contributed by atoms with E-state index in [9.17, 15) is 14.9 Å². The van der Waals surface area contributed by atoms with E-state index in [2.05, 4.69) is 4.84 Å². The Labute approximate surface area is 106 Å². The molecule has 1 atom stereocenters. The van der Waals surface area contributed by atoms with Crippen LogP contribution in [0, 0.1) is 16.0 Å². The van der Waals surface area contributed by atoms with Gasteiger partial charge in [-0.05, 0) is 34.1 Å². The normalized spacial score (nSPS) is 25.7. The molecule has 1 aliphatic rings. The Kier molecular flexibility index (Phi) is 3.85. The maximum Gasteiger partial charge on any atom is 0.322 e. The second-order valence-corrected chi connectivity index (χ2v) is 5.76. The number of rotatable bonds is 4. The number of carbonyl (C=O) groups is 1. The van der Waals surface area contributed by atoms with Crippen LogP contribution in [0.15, 0.2) is 0 Å². The Balaban J connectivity index is 2.85. The summed E-state index contributed by atoms with van der Waals surface area (Å²) in [5, 5.41) is 11.1. The molecule has 1 unspecified atom stereocenters. The molecule has 1 aliphatic heterocycles. The van der Waals surface area contributed by atoms with E-state index >= 15 is 0 Å². The van der Waals surface area contributed by atoms with Crippen molar-refractivity contribution in [3.05, 3.63) is 10.1 Å². The van der Waals surface area contributed by atoms with Crippen molar-refractivity contribution in [3.63, 3.8) is 0 Å². The first-order valence-corrected chi connectivity index (χ1v) is 5.83.